The standard InChI is InChI=1S/C8H11N3OS/c1-3-9-7-6(4-12)5(2)10-8(13)11-7/h4H,3H2,1-2H3,(H2,9,10,11,13). The van der Waals surface area contributed by atoms with Crippen molar-refractivity contribution in [2.45, 2.75) is 13.8 Å². The van der Waals surface area contributed by atoms with Crippen LogP contribution in [0.4, 0.5) is 5.82 Å². The summed E-state index contributed by atoms with van der Waals surface area (Å²) in [6, 6.07) is 0. The Hall–Kier alpha value is -1.23. The predicted molar refractivity (Wildman–Crippen MR) is 53.7 cm³/mol. The largest absolute Gasteiger partial charge is 0.370 e. The van der Waals surface area contributed by atoms with E-state index in [9.17, 15) is 4.79 Å². The highest BCUT2D eigenvalue weighted by Gasteiger charge is 2.05. The van der Waals surface area contributed by atoms with E-state index in [1.54, 1.807) is 6.92 Å². The molecular formula is C8H11N3OS. The van der Waals surface area contributed by atoms with E-state index in [1.165, 1.54) is 0 Å². The van der Waals surface area contributed by atoms with Gasteiger partial charge in [0.25, 0.3) is 0 Å². The molecule has 0 spiro atoms. The Morgan fingerprint density at radius 3 is 2.92 bits per heavy atom. The third-order valence-electron chi connectivity index (χ3n) is 1.63. The van der Waals surface area contributed by atoms with Gasteiger partial charge in [0.15, 0.2) is 11.1 Å². The second-order valence-corrected chi connectivity index (χ2v) is 2.96. The van der Waals surface area contributed by atoms with Crippen molar-refractivity contribution < 1.29 is 4.79 Å². The first-order valence-electron chi connectivity index (χ1n) is 3.99. The Labute approximate surface area is 81.4 Å². The summed E-state index contributed by atoms with van der Waals surface area (Å²) in [7, 11) is 0. The van der Waals surface area contributed by atoms with Gasteiger partial charge in [0.2, 0.25) is 0 Å². The van der Waals surface area contributed by atoms with E-state index in [0.717, 1.165) is 12.0 Å². The fourth-order valence-corrected chi connectivity index (χ4v) is 1.29. The van der Waals surface area contributed by atoms with Crippen LogP contribution in [0.5, 0.6) is 0 Å². The molecule has 0 aromatic carbocycles. The SMILES string of the molecule is CCNc1nc(=S)[nH]c(C)c1C=O. The van der Waals surface area contributed by atoms with E-state index in [4.69, 9.17) is 12.2 Å². The van der Waals surface area contributed by atoms with Crippen molar-refractivity contribution in [3.8, 4) is 0 Å². The average Bonchev–Trinajstić information content (AvgIpc) is 2.04. The number of nitrogens with one attached hydrogen (secondary N) is 2. The lowest BCUT2D eigenvalue weighted by Crippen LogP contribution is -2.06. The molecule has 2 N–H and O–H groups in total. The topological polar surface area (TPSA) is 57.8 Å². The number of carbonyl (C=O) groups excluding carboxylic acids is 1. The molecule has 1 rings (SSSR count). The van der Waals surface area contributed by atoms with Gasteiger partial charge in [-0.15, -0.1) is 0 Å². The number of anilines is 1. The summed E-state index contributed by atoms with van der Waals surface area (Å²) in [5, 5.41) is 2.98. The van der Waals surface area contributed by atoms with Crippen LogP contribution < -0.4 is 5.32 Å². The van der Waals surface area contributed by atoms with Crippen LogP contribution in [0.15, 0.2) is 0 Å². The van der Waals surface area contributed by atoms with Gasteiger partial charge in [-0.2, -0.15) is 0 Å². The summed E-state index contributed by atoms with van der Waals surface area (Å²) in [5.41, 5.74) is 1.28. The molecule has 13 heavy (non-hydrogen) atoms. The van der Waals surface area contributed by atoms with Crippen LogP contribution in [0, 0.1) is 11.7 Å². The molecule has 0 aliphatic carbocycles. The van der Waals surface area contributed by atoms with Crippen molar-refractivity contribution in [1.29, 1.82) is 0 Å². The van der Waals surface area contributed by atoms with Crippen molar-refractivity contribution >= 4 is 24.3 Å². The molecule has 4 nitrogen and oxygen atoms in total. The number of aldehydes is 1. The molecule has 0 saturated carbocycles. The number of hydrogen-bond donors (Lipinski definition) is 2. The van der Waals surface area contributed by atoms with Gasteiger partial charge in [-0.25, -0.2) is 4.98 Å². The minimum Gasteiger partial charge on any atom is -0.370 e. The zero-order valence-electron chi connectivity index (χ0n) is 7.55. The summed E-state index contributed by atoms with van der Waals surface area (Å²) >= 11 is 4.89. The van der Waals surface area contributed by atoms with Gasteiger partial charge in [-0.05, 0) is 26.1 Å². The van der Waals surface area contributed by atoms with E-state index in [0.29, 0.717) is 22.7 Å². The summed E-state index contributed by atoms with van der Waals surface area (Å²) < 4.78 is 0.388. The maximum Gasteiger partial charge on any atom is 0.198 e. The van der Waals surface area contributed by atoms with Gasteiger partial charge in [-0.3, -0.25) is 4.79 Å². The lowest BCUT2D eigenvalue weighted by molar-refractivity contribution is 0.112. The summed E-state index contributed by atoms with van der Waals surface area (Å²) in [5.74, 6) is 0.554. The predicted octanol–water partition coefficient (Wildman–Crippen LogP) is 1.69. The van der Waals surface area contributed by atoms with Crippen molar-refractivity contribution in [1.82, 2.24) is 9.97 Å². The molecule has 0 radical (unpaired) electrons. The Balaban J connectivity index is 3.29. The fraction of sp³-hybridized carbons (Fsp3) is 0.375. The van der Waals surface area contributed by atoms with Gasteiger partial charge in [0.05, 0.1) is 5.56 Å². The zero-order chi connectivity index (χ0) is 9.84. The van der Waals surface area contributed by atoms with Crippen molar-refractivity contribution in [2.24, 2.45) is 0 Å². The molecule has 1 aromatic rings. The summed E-state index contributed by atoms with van der Waals surface area (Å²) in [4.78, 5) is 17.5. The van der Waals surface area contributed by atoms with Crippen molar-refractivity contribution in [3.05, 3.63) is 16.0 Å². The highest BCUT2D eigenvalue weighted by Crippen LogP contribution is 2.11. The molecule has 0 fully saturated rings. The maximum absolute atomic E-state index is 10.7. The van der Waals surface area contributed by atoms with Crippen molar-refractivity contribution in [2.75, 3.05) is 11.9 Å². The quantitative estimate of drug-likeness (QED) is 0.572. The fourth-order valence-electron chi connectivity index (χ4n) is 1.04. The van der Waals surface area contributed by atoms with Crippen molar-refractivity contribution in [3.63, 3.8) is 0 Å². The minimum absolute atomic E-state index is 0.388. The van der Waals surface area contributed by atoms with Crippen LogP contribution in [0.1, 0.15) is 23.0 Å². The first-order chi connectivity index (χ1) is 6.19. The molecule has 70 valence electrons. The smallest absolute Gasteiger partial charge is 0.198 e. The molecular weight excluding hydrogens is 186 g/mol. The van der Waals surface area contributed by atoms with Gasteiger partial charge >= 0.3 is 0 Å². The van der Waals surface area contributed by atoms with E-state index in [2.05, 4.69) is 15.3 Å². The first-order valence-corrected chi connectivity index (χ1v) is 4.39. The van der Waals surface area contributed by atoms with Crippen LogP contribution in [-0.2, 0) is 0 Å². The molecule has 0 aliphatic rings. The van der Waals surface area contributed by atoms with Crippen LogP contribution >= 0.6 is 12.2 Å². The van der Waals surface area contributed by atoms with Gasteiger partial charge in [0, 0.05) is 12.2 Å². The van der Waals surface area contributed by atoms with Gasteiger partial charge < -0.3 is 10.3 Å². The highest BCUT2D eigenvalue weighted by molar-refractivity contribution is 7.71. The maximum atomic E-state index is 10.7. The molecule has 0 bridgehead atoms. The molecule has 0 amide bonds. The Bertz CT molecular complexity index is 372. The number of aryl methyl sites for hydroxylation is 1. The van der Waals surface area contributed by atoms with E-state index in [-0.39, 0.29) is 0 Å². The molecule has 0 aliphatic heterocycles. The Morgan fingerprint density at radius 2 is 2.38 bits per heavy atom. The Morgan fingerprint density at radius 1 is 1.69 bits per heavy atom. The van der Waals surface area contributed by atoms with Crippen LogP contribution in [0.25, 0.3) is 0 Å². The second kappa shape index (κ2) is 4.13. The molecule has 1 aromatic heterocycles. The third-order valence-corrected chi connectivity index (χ3v) is 1.82. The Kier molecular flexibility index (Phi) is 3.13. The number of nitrogens with zero attached hydrogens (tertiary/aromatic N) is 1. The second-order valence-electron chi connectivity index (χ2n) is 2.58. The normalized spacial score (nSPS) is 9.69. The number of rotatable bonds is 3. The van der Waals surface area contributed by atoms with Gasteiger partial charge in [-0.1, -0.05) is 0 Å². The number of aromatic nitrogens is 2. The molecule has 0 unspecified atom stereocenters. The van der Waals surface area contributed by atoms with Gasteiger partial charge in [0.1, 0.15) is 5.82 Å². The molecule has 0 saturated heterocycles. The first kappa shape index (κ1) is 9.85. The molecule has 5 heteroatoms. The summed E-state index contributed by atoms with van der Waals surface area (Å²) in [6.45, 7) is 4.44. The van der Waals surface area contributed by atoms with Crippen LogP contribution in [-0.4, -0.2) is 22.8 Å². The number of carbonyl (C=O) groups is 1. The number of hydrogen-bond acceptors (Lipinski definition) is 4. The monoisotopic (exact) mass is 197 g/mol. The molecule has 0 atom stereocenters. The number of aromatic amines is 1. The zero-order valence-corrected chi connectivity index (χ0v) is 8.36. The van der Waals surface area contributed by atoms with Crippen LogP contribution in [0.2, 0.25) is 0 Å². The average molecular weight is 197 g/mol. The van der Waals surface area contributed by atoms with E-state index >= 15 is 0 Å². The van der Waals surface area contributed by atoms with E-state index < -0.39 is 0 Å². The highest BCUT2D eigenvalue weighted by atomic mass is 32.1. The minimum atomic E-state index is 0.388. The third kappa shape index (κ3) is 2.12. The molecule has 1 heterocycles. The number of H-pyrrole nitrogens is 1. The lowest BCUT2D eigenvalue weighted by Gasteiger charge is -2.06. The summed E-state index contributed by atoms with van der Waals surface area (Å²) in [6.07, 6.45) is 0.769. The lowest BCUT2D eigenvalue weighted by atomic mass is 10.2. The van der Waals surface area contributed by atoms with Crippen LogP contribution in [0.3, 0.4) is 0 Å². The van der Waals surface area contributed by atoms with E-state index in [1.807, 2.05) is 6.92 Å².